The van der Waals surface area contributed by atoms with Crippen molar-refractivity contribution in [3.8, 4) is 0 Å². The molecule has 0 aliphatic rings. The van der Waals surface area contributed by atoms with Crippen LogP contribution in [-0.4, -0.2) is 53.0 Å². The van der Waals surface area contributed by atoms with E-state index in [-0.39, 0.29) is 19.4 Å². The molecule has 0 saturated heterocycles. The lowest BCUT2D eigenvalue weighted by Gasteiger charge is -2.24. The summed E-state index contributed by atoms with van der Waals surface area (Å²) in [6.45, 7) is -0.0748. The van der Waals surface area contributed by atoms with Crippen LogP contribution in [0.3, 0.4) is 0 Å². The van der Waals surface area contributed by atoms with Crippen molar-refractivity contribution in [1.82, 2.24) is 16.0 Å². The predicted molar refractivity (Wildman–Crippen MR) is 149 cm³/mol. The molecule has 214 valence electrons. The number of benzene rings is 3. The molecular weight excluding hydrogens is 528 g/mol. The molecule has 3 atom stereocenters. The van der Waals surface area contributed by atoms with Gasteiger partial charge >= 0.3 is 12.1 Å². The summed E-state index contributed by atoms with van der Waals surface area (Å²) in [5, 5.41) is 17.1. The Morgan fingerprint density at radius 3 is 1.56 bits per heavy atom. The second kappa shape index (κ2) is 15.4. The molecule has 41 heavy (non-hydrogen) atoms. The summed E-state index contributed by atoms with van der Waals surface area (Å²) >= 11 is 0. The zero-order valence-electron chi connectivity index (χ0n) is 22.2. The van der Waals surface area contributed by atoms with E-state index in [9.17, 15) is 29.1 Å². The van der Waals surface area contributed by atoms with Gasteiger partial charge in [0.2, 0.25) is 17.7 Å². The summed E-state index contributed by atoms with van der Waals surface area (Å²) in [7, 11) is 0. The number of rotatable bonds is 14. The Kier molecular flexibility index (Phi) is 11.4. The number of carbonyl (C=O) groups excluding carboxylic acids is 4. The summed E-state index contributed by atoms with van der Waals surface area (Å²) in [5.74, 6) is -3.74. The van der Waals surface area contributed by atoms with E-state index in [1.54, 1.807) is 91.0 Å². The highest BCUT2D eigenvalue weighted by atomic mass is 16.5. The molecule has 3 rings (SSSR count). The largest absolute Gasteiger partial charge is 0.480 e. The second-order valence-corrected chi connectivity index (χ2v) is 9.27. The molecule has 0 radical (unpaired) electrons. The quantitative estimate of drug-likeness (QED) is 0.199. The minimum absolute atomic E-state index is 0.0117. The Balaban J connectivity index is 1.73. The number of carbonyl (C=O) groups is 5. The van der Waals surface area contributed by atoms with Crippen molar-refractivity contribution < 1.29 is 33.8 Å². The Bertz CT molecular complexity index is 1320. The van der Waals surface area contributed by atoms with E-state index in [1.165, 1.54) is 0 Å². The van der Waals surface area contributed by atoms with Crippen molar-refractivity contribution in [1.29, 1.82) is 0 Å². The van der Waals surface area contributed by atoms with Crippen molar-refractivity contribution >= 4 is 29.8 Å². The molecular formula is C30H32N4O7. The lowest BCUT2D eigenvalue weighted by atomic mass is 10.0. The number of carboxylic acids is 1. The maximum Gasteiger partial charge on any atom is 0.408 e. The number of aliphatic carboxylic acids is 1. The fraction of sp³-hybridized carbons (Fsp3) is 0.233. The van der Waals surface area contributed by atoms with Crippen LogP contribution in [-0.2, 0) is 43.4 Å². The molecule has 0 bridgehead atoms. The molecule has 4 amide bonds. The zero-order chi connectivity index (χ0) is 29.6. The predicted octanol–water partition coefficient (Wildman–Crippen LogP) is 1.70. The molecule has 0 aromatic heterocycles. The van der Waals surface area contributed by atoms with Gasteiger partial charge in [-0.2, -0.15) is 0 Å². The second-order valence-electron chi connectivity index (χ2n) is 9.27. The monoisotopic (exact) mass is 560 g/mol. The highest BCUT2D eigenvalue weighted by molar-refractivity contribution is 5.95. The maximum atomic E-state index is 13.3. The van der Waals surface area contributed by atoms with Gasteiger partial charge in [0.25, 0.3) is 0 Å². The van der Waals surface area contributed by atoms with Gasteiger partial charge in [0.15, 0.2) is 0 Å². The molecule has 3 aromatic rings. The first-order valence-corrected chi connectivity index (χ1v) is 12.9. The number of hydrogen-bond acceptors (Lipinski definition) is 6. The molecule has 0 fully saturated rings. The number of nitrogens with two attached hydrogens (primary N) is 1. The van der Waals surface area contributed by atoms with Crippen molar-refractivity contribution in [3.63, 3.8) is 0 Å². The van der Waals surface area contributed by atoms with Gasteiger partial charge < -0.3 is 31.5 Å². The molecule has 11 heteroatoms. The average molecular weight is 561 g/mol. The molecule has 0 aliphatic heterocycles. The molecule has 0 spiro atoms. The number of hydrogen-bond donors (Lipinski definition) is 5. The smallest absolute Gasteiger partial charge is 0.408 e. The van der Waals surface area contributed by atoms with E-state index in [1.807, 2.05) is 0 Å². The van der Waals surface area contributed by atoms with Crippen LogP contribution in [0.15, 0.2) is 91.0 Å². The lowest BCUT2D eigenvalue weighted by Crippen LogP contribution is -2.57. The molecule has 0 unspecified atom stereocenters. The summed E-state index contributed by atoms with van der Waals surface area (Å²) in [6, 6.07) is 22.4. The molecule has 0 heterocycles. The molecule has 3 aromatic carbocycles. The van der Waals surface area contributed by atoms with Crippen LogP contribution in [0.1, 0.15) is 23.1 Å². The first-order valence-electron chi connectivity index (χ1n) is 12.9. The third-order valence-corrected chi connectivity index (χ3v) is 6.04. The minimum Gasteiger partial charge on any atom is -0.480 e. The SMILES string of the molecule is NC(=O)C[C@H](NC(=O)OCc1ccccc1)C(=O)N[C@@H](Cc1ccccc1)C(=O)N[C@@H](Cc1ccccc1)C(=O)O. The highest BCUT2D eigenvalue weighted by Gasteiger charge is 2.31. The fourth-order valence-electron chi connectivity index (χ4n) is 3.97. The summed E-state index contributed by atoms with van der Waals surface area (Å²) < 4.78 is 5.15. The number of alkyl carbamates (subject to hydrolysis) is 1. The average Bonchev–Trinajstić information content (AvgIpc) is 2.96. The number of primary amides is 1. The van der Waals surface area contributed by atoms with Gasteiger partial charge in [0.05, 0.1) is 6.42 Å². The zero-order valence-corrected chi connectivity index (χ0v) is 22.2. The molecule has 11 nitrogen and oxygen atoms in total. The summed E-state index contributed by atoms with van der Waals surface area (Å²) in [6.07, 6.45) is -1.49. The third-order valence-electron chi connectivity index (χ3n) is 6.04. The van der Waals surface area contributed by atoms with Gasteiger partial charge in [-0.05, 0) is 16.7 Å². The van der Waals surface area contributed by atoms with Gasteiger partial charge in [0.1, 0.15) is 24.7 Å². The first-order chi connectivity index (χ1) is 19.7. The number of carboxylic acid groups (broad SMARTS) is 1. The van der Waals surface area contributed by atoms with E-state index in [0.717, 1.165) is 0 Å². The van der Waals surface area contributed by atoms with Crippen LogP contribution in [0.4, 0.5) is 4.79 Å². The number of ether oxygens (including phenoxy) is 1. The van der Waals surface area contributed by atoms with Gasteiger partial charge in [-0.1, -0.05) is 91.0 Å². The normalized spacial score (nSPS) is 12.7. The van der Waals surface area contributed by atoms with E-state index in [2.05, 4.69) is 16.0 Å². The van der Waals surface area contributed by atoms with Crippen molar-refractivity contribution in [3.05, 3.63) is 108 Å². The summed E-state index contributed by atoms with van der Waals surface area (Å²) in [4.78, 5) is 62.6. The topological polar surface area (TPSA) is 177 Å². The Morgan fingerprint density at radius 1 is 0.634 bits per heavy atom. The van der Waals surface area contributed by atoms with Crippen LogP contribution in [0, 0.1) is 0 Å². The number of amides is 4. The number of nitrogens with one attached hydrogen (secondary N) is 3. The van der Waals surface area contributed by atoms with E-state index >= 15 is 0 Å². The third kappa shape index (κ3) is 10.5. The minimum atomic E-state index is -1.44. The standard InChI is InChI=1S/C30H32N4O7/c31-26(35)18-24(34-30(40)41-19-22-14-8-3-9-15-22)28(37)32-23(16-20-10-4-1-5-11-20)27(36)33-25(29(38)39)17-21-12-6-2-7-13-21/h1-15,23-25H,16-19H2,(H2,31,35)(H,32,37)(H,33,36)(H,34,40)(H,38,39)/t23-,24-,25-/m0/s1. The van der Waals surface area contributed by atoms with Crippen LogP contribution in [0.2, 0.25) is 0 Å². The van der Waals surface area contributed by atoms with Crippen molar-refractivity contribution in [2.45, 2.75) is 44.0 Å². The van der Waals surface area contributed by atoms with Gasteiger partial charge in [-0.15, -0.1) is 0 Å². The van der Waals surface area contributed by atoms with E-state index in [4.69, 9.17) is 10.5 Å². The molecule has 0 aliphatic carbocycles. The first kappa shape index (κ1) is 30.4. The fourth-order valence-corrected chi connectivity index (χ4v) is 3.97. The van der Waals surface area contributed by atoms with Crippen molar-refractivity contribution in [2.24, 2.45) is 5.73 Å². The highest BCUT2D eigenvalue weighted by Crippen LogP contribution is 2.08. The van der Waals surface area contributed by atoms with E-state index in [0.29, 0.717) is 16.7 Å². The Hall–Kier alpha value is -5.19. The Morgan fingerprint density at radius 2 is 1.07 bits per heavy atom. The van der Waals surface area contributed by atoms with Crippen LogP contribution >= 0.6 is 0 Å². The van der Waals surface area contributed by atoms with Crippen LogP contribution in [0.5, 0.6) is 0 Å². The Labute approximate surface area is 237 Å². The van der Waals surface area contributed by atoms with Gasteiger partial charge in [-0.3, -0.25) is 14.4 Å². The summed E-state index contributed by atoms with van der Waals surface area (Å²) in [5.41, 5.74) is 7.40. The molecule has 0 saturated carbocycles. The van der Waals surface area contributed by atoms with E-state index < -0.39 is 54.3 Å². The van der Waals surface area contributed by atoms with Crippen LogP contribution < -0.4 is 21.7 Å². The molecule has 6 N–H and O–H groups in total. The van der Waals surface area contributed by atoms with Crippen LogP contribution in [0.25, 0.3) is 0 Å². The maximum absolute atomic E-state index is 13.3. The van der Waals surface area contributed by atoms with Crippen molar-refractivity contribution in [2.75, 3.05) is 0 Å². The lowest BCUT2D eigenvalue weighted by molar-refractivity contribution is -0.142. The van der Waals surface area contributed by atoms with Gasteiger partial charge in [0, 0.05) is 12.8 Å². The van der Waals surface area contributed by atoms with Gasteiger partial charge in [-0.25, -0.2) is 9.59 Å².